The number of nitrogens with zero attached hydrogens (tertiary/aromatic N) is 3. The standard InChI is InChI=1S/C24H24ClN5O.ClH/c25-20-11-5-4-9-17(20)13-19-22-24(31)27-14-21(16-7-2-1-3-8-16)30(22)28-23(19)29-12-6-10-18(26)15-29;/h1-5,7-9,11,14,18H,6,10,12-13,15,26H2,(H,27,31);1H/t18-;/m1./s1. The van der Waals surface area contributed by atoms with Gasteiger partial charge in [-0.25, -0.2) is 4.52 Å². The first-order valence-corrected chi connectivity index (χ1v) is 10.9. The topological polar surface area (TPSA) is 79.4 Å². The predicted octanol–water partition coefficient (Wildman–Crippen LogP) is 4.28. The van der Waals surface area contributed by atoms with E-state index < -0.39 is 0 Å². The summed E-state index contributed by atoms with van der Waals surface area (Å²) >= 11 is 6.47. The Hall–Kier alpha value is -2.80. The zero-order chi connectivity index (χ0) is 21.4. The van der Waals surface area contributed by atoms with Crippen LogP contribution in [0.3, 0.4) is 0 Å². The van der Waals surface area contributed by atoms with Gasteiger partial charge in [-0.1, -0.05) is 60.1 Å². The van der Waals surface area contributed by atoms with Gasteiger partial charge in [0.05, 0.1) is 5.69 Å². The second-order valence-electron chi connectivity index (χ2n) is 8.05. The van der Waals surface area contributed by atoms with Crippen LogP contribution in [0.4, 0.5) is 5.82 Å². The fourth-order valence-corrected chi connectivity index (χ4v) is 4.58. The first-order chi connectivity index (χ1) is 15.1. The van der Waals surface area contributed by atoms with E-state index in [-0.39, 0.29) is 24.0 Å². The Balaban J connectivity index is 0.00000245. The summed E-state index contributed by atoms with van der Waals surface area (Å²) in [7, 11) is 0. The number of halogens is 2. The third-order valence-electron chi connectivity index (χ3n) is 5.90. The molecular formula is C24H25Cl2N5O. The molecule has 0 spiro atoms. The lowest BCUT2D eigenvalue weighted by Crippen LogP contribution is -2.43. The number of nitrogens with two attached hydrogens (primary N) is 1. The molecule has 0 saturated carbocycles. The fourth-order valence-electron chi connectivity index (χ4n) is 4.38. The van der Waals surface area contributed by atoms with Crippen LogP contribution in [0.15, 0.2) is 65.6 Å². The minimum Gasteiger partial charge on any atom is -0.353 e. The Morgan fingerprint density at radius 2 is 1.88 bits per heavy atom. The summed E-state index contributed by atoms with van der Waals surface area (Å²) in [4.78, 5) is 18.2. The second kappa shape index (κ2) is 9.36. The van der Waals surface area contributed by atoms with Crippen molar-refractivity contribution in [3.05, 3.63) is 87.3 Å². The lowest BCUT2D eigenvalue weighted by atomic mass is 10.0. The van der Waals surface area contributed by atoms with Gasteiger partial charge in [0.1, 0.15) is 5.52 Å². The molecular weight excluding hydrogens is 445 g/mol. The van der Waals surface area contributed by atoms with E-state index in [1.807, 2.05) is 54.6 Å². The van der Waals surface area contributed by atoms with Gasteiger partial charge in [-0.15, -0.1) is 17.5 Å². The molecule has 0 bridgehead atoms. The van der Waals surface area contributed by atoms with Crippen LogP contribution in [0, 0.1) is 0 Å². The summed E-state index contributed by atoms with van der Waals surface area (Å²) in [5.74, 6) is 0.809. The maximum absolute atomic E-state index is 13.0. The quantitative estimate of drug-likeness (QED) is 0.467. The van der Waals surface area contributed by atoms with Gasteiger partial charge in [0.15, 0.2) is 5.82 Å². The predicted molar refractivity (Wildman–Crippen MR) is 132 cm³/mol. The van der Waals surface area contributed by atoms with Gasteiger partial charge in [0.25, 0.3) is 5.56 Å². The Bertz CT molecular complexity index is 1280. The number of aromatic nitrogens is 3. The lowest BCUT2D eigenvalue weighted by Gasteiger charge is -2.31. The van der Waals surface area contributed by atoms with Gasteiger partial charge in [-0.05, 0) is 24.5 Å². The molecule has 2 aromatic carbocycles. The number of hydrogen-bond donors (Lipinski definition) is 2. The molecule has 5 rings (SSSR count). The van der Waals surface area contributed by atoms with Gasteiger partial charge < -0.3 is 15.6 Å². The zero-order valence-corrected chi connectivity index (χ0v) is 19.1. The smallest absolute Gasteiger partial charge is 0.274 e. The van der Waals surface area contributed by atoms with Crippen LogP contribution in [0.25, 0.3) is 16.8 Å². The van der Waals surface area contributed by atoms with Crippen molar-refractivity contribution < 1.29 is 0 Å². The number of fused-ring (bicyclic) bond motifs is 1. The molecule has 0 unspecified atom stereocenters. The first-order valence-electron chi connectivity index (χ1n) is 10.5. The average molecular weight is 470 g/mol. The van der Waals surface area contributed by atoms with E-state index in [2.05, 4.69) is 9.88 Å². The molecule has 0 amide bonds. The molecule has 6 nitrogen and oxygen atoms in total. The third kappa shape index (κ3) is 4.13. The third-order valence-corrected chi connectivity index (χ3v) is 6.27. The van der Waals surface area contributed by atoms with Crippen molar-refractivity contribution in [3.8, 4) is 11.3 Å². The number of H-pyrrole nitrogens is 1. The molecule has 3 heterocycles. The molecule has 0 aliphatic carbocycles. The van der Waals surface area contributed by atoms with E-state index in [0.717, 1.165) is 54.1 Å². The molecule has 3 N–H and O–H groups in total. The lowest BCUT2D eigenvalue weighted by molar-refractivity contribution is 0.502. The molecule has 166 valence electrons. The van der Waals surface area contributed by atoms with Crippen LogP contribution < -0.4 is 16.2 Å². The van der Waals surface area contributed by atoms with Crippen LogP contribution in [-0.4, -0.2) is 33.7 Å². The highest BCUT2D eigenvalue weighted by atomic mass is 35.5. The van der Waals surface area contributed by atoms with Crippen LogP contribution in [0.1, 0.15) is 24.0 Å². The molecule has 4 aromatic rings. The number of rotatable bonds is 4. The van der Waals surface area contributed by atoms with Gasteiger partial charge in [-0.2, -0.15) is 0 Å². The van der Waals surface area contributed by atoms with E-state index >= 15 is 0 Å². The number of aromatic amines is 1. The van der Waals surface area contributed by atoms with Crippen LogP contribution in [-0.2, 0) is 6.42 Å². The number of piperidine rings is 1. The van der Waals surface area contributed by atoms with Crippen molar-refractivity contribution >= 4 is 35.3 Å². The normalized spacial score (nSPS) is 16.2. The average Bonchev–Trinajstić information content (AvgIpc) is 3.16. The number of anilines is 1. The Labute approximate surface area is 197 Å². The summed E-state index contributed by atoms with van der Waals surface area (Å²) in [5, 5.41) is 5.64. The molecule has 1 fully saturated rings. The minimum absolute atomic E-state index is 0. The summed E-state index contributed by atoms with van der Waals surface area (Å²) in [6.45, 7) is 1.59. The molecule has 1 aliphatic rings. The highest BCUT2D eigenvalue weighted by Gasteiger charge is 2.26. The van der Waals surface area contributed by atoms with Crippen molar-refractivity contribution in [2.75, 3.05) is 18.0 Å². The molecule has 8 heteroatoms. The largest absolute Gasteiger partial charge is 0.353 e. The molecule has 32 heavy (non-hydrogen) atoms. The number of hydrogen-bond acceptors (Lipinski definition) is 4. The number of nitrogens with one attached hydrogen (secondary N) is 1. The minimum atomic E-state index is -0.165. The monoisotopic (exact) mass is 469 g/mol. The molecule has 0 radical (unpaired) electrons. The summed E-state index contributed by atoms with van der Waals surface area (Å²) < 4.78 is 1.77. The molecule has 1 aliphatic heterocycles. The van der Waals surface area contributed by atoms with Crippen molar-refractivity contribution in [2.45, 2.75) is 25.3 Å². The first kappa shape index (κ1) is 22.4. The van der Waals surface area contributed by atoms with Gasteiger partial charge >= 0.3 is 0 Å². The Kier molecular flexibility index (Phi) is 6.55. The van der Waals surface area contributed by atoms with Crippen molar-refractivity contribution in [1.82, 2.24) is 14.6 Å². The molecule has 1 atom stereocenters. The molecule has 2 aromatic heterocycles. The van der Waals surface area contributed by atoms with Crippen molar-refractivity contribution in [1.29, 1.82) is 0 Å². The Morgan fingerprint density at radius 3 is 2.62 bits per heavy atom. The summed E-state index contributed by atoms with van der Waals surface area (Å²) in [6.07, 6.45) is 4.25. The van der Waals surface area contributed by atoms with Crippen LogP contribution in [0.2, 0.25) is 5.02 Å². The van der Waals surface area contributed by atoms with Crippen molar-refractivity contribution in [3.63, 3.8) is 0 Å². The van der Waals surface area contributed by atoms with Gasteiger partial charge in [0, 0.05) is 47.9 Å². The summed E-state index contributed by atoms with van der Waals surface area (Å²) in [5.41, 5.74) is 10.3. The van der Waals surface area contributed by atoms with E-state index in [1.165, 1.54) is 0 Å². The Morgan fingerprint density at radius 1 is 1.12 bits per heavy atom. The van der Waals surface area contributed by atoms with Gasteiger partial charge in [0.2, 0.25) is 0 Å². The van der Waals surface area contributed by atoms with E-state index in [1.54, 1.807) is 10.7 Å². The zero-order valence-electron chi connectivity index (χ0n) is 17.5. The summed E-state index contributed by atoms with van der Waals surface area (Å²) in [6, 6.07) is 17.8. The van der Waals surface area contributed by atoms with E-state index in [4.69, 9.17) is 22.4 Å². The molecule has 1 saturated heterocycles. The second-order valence-corrected chi connectivity index (χ2v) is 8.46. The van der Waals surface area contributed by atoms with Gasteiger partial charge in [-0.3, -0.25) is 4.79 Å². The maximum atomic E-state index is 13.0. The van der Waals surface area contributed by atoms with Crippen LogP contribution in [0.5, 0.6) is 0 Å². The van der Waals surface area contributed by atoms with Crippen LogP contribution >= 0.6 is 24.0 Å². The number of benzene rings is 2. The maximum Gasteiger partial charge on any atom is 0.274 e. The van der Waals surface area contributed by atoms with E-state index in [0.29, 0.717) is 17.0 Å². The fraction of sp³-hybridized carbons (Fsp3) is 0.250. The SMILES string of the molecule is Cl.N[C@@H]1CCCN(c2nn3c(-c4ccccc4)c[nH]c(=O)c3c2Cc2ccccc2Cl)C1. The van der Waals surface area contributed by atoms with E-state index in [9.17, 15) is 4.79 Å². The highest BCUT2D eigenvalue weighted by Crippen LogP contribution is 2.31. The highest BCUT2D eigenvalue weighted by molar-refractivity contribution is 6.31. The van der Waals surface area contributed by atoms with Crippen molar-refractivity contribution in [2.24, 2.45) is 5.73 Å².